The Balaban J connectivity index is 2.18. The summed E-state index contributed by atoms with van der Waals surface area (Å²) in [4.78, 5) is 23.3. The molecule has 0 aliphatic rings. The number of esters is 2. The molecule has 236 valence electrons. The molecule has 2 aromatic rings. The lowest BCUT2D eigenvalue weighted by Crippen LogP contribution is -2.31. The molecule has 0 saturated carbocycles. The molecular weight excluding hydrogens is 540 g/mol. The Kier molecular flexibility index (Phi) is 11.7. The van der Waals surface area contributed by atoms with Crippen LogP contribution in [0.15, 0.2) is 73.8 Å². The van der Waals surface area contributed by atoms with Crippen LogP contribution in [-0.2, 0) is 45.2 Å². The first-order valence-electron chi connectivity index (χ1n) is 15.0. The fraction of sp³-hybridized carbons (Fsp3) is 0.514. The summed E-state index contributed by atoms with van der Waals surface area (Å²) in [5.74, 6) is -0.873. The first kappa shape index (κ1) is 36.0. The zero-order valence-electron chi connectivity index (χ0n) is 28.0. The average molecular weight is 593 g/mol. The third-order valence-electron chi connectivity index (χ3n) is 7.98. The lowest BCUT2D eigenvalue weighted by atomic mass is 9.76. The van der Waals surface area contributed by atoms with Gasteiger partial charge in [0.25, 0.3) is 0 Å². The third-order valence-corrected chi connectivity index (χ3v) is 7.98. The van der Waals surface area contributed by atoms with E-state index in [9.17, 15) is 9.59 Å². The molecular formula is C37H52O6. The minimum atomic E-state index is -0.651. The standard InChI is InChI=1S/C37H52O6/c1-13-31(38)42-33(3,4)21-23-40-36(9,10)29-19-15-17-27(25-29)35(7,8)28-18-16-20-30(26-28)37(11,12)41-24-22-34(5,6)43-32(39)14-2/h13-20,25-26H,1-2,21-24H2,3-12H3. The molecule has 0 N–H and O–H groups in total. The Bertz CT molecular complexity index is 1180. The average Bonchev–Trinajstić information content (AvgIpc) is 2.92. The van der Waals surface area contributed by atoms with Gasteiger partial charge < -0.3 is 18.9 Å². The van der Waals surface area contributed by atoms with Crippen LogP contribution in [0.5, 0.6) is 0 Å². The molecule has 43 heavy (non-hydrogen) atoms. The van der Waals surface area contributed by atoms with Crippen molar-refractivity contribution < 1.29 is 28.5 Å². The number of rotatable bonds is 16. The summed E-state index contributed by atoms with van der Waals surface area (Å²) in [5.41, 5.74) is 1.79. The topological polar surface area (TPSA) is 71.1 Å². The molecule has 2 rings (SSSR count). The molecule has 0 unspecified atom stereocenters. The molecule has 0 fully saturated rings. The summed E-state index contributed by atoms with van der Waals surface area (Å²) in [5, 5.41) is 0. The van der Waals surface area contributed by atoms with Crippen molar-refractivity contribution in [1.29, 1.82) is 0 Å². The minimum absolute atomic E-state index is 0.292. The largest absolute Gasteiger partial charge is 0.456 e. The SMILES string of the molecule is C=CC(=O)OC(C)(C)CCOC(C)(C)c1cccc(C(C)(C)c2cccc(C(C)(C)OCCC(C)(C)OC(=O)C=C)c2)c1. The summed E-state index contributed by atoms with van der Waals surface area (Å²) in [6, 6.07) is 17.0. The van der Waals surface area contributed by atoms with Crippen molar-refractivity contribution in [3.8, 4) is 0 Å². The molecule has 6 heteroatoms. The second kappa shape index (κ2) is 14.0. The van der Waals surface area contributed by atoms with E-state index in [4.69, 9.17) is 18.9 Å². The van der Waals surface area contributed by atoms with Gasteiger partial charge in [-0.3, -0.25) is 0 Å². The molecule has 0 aliphatic carbocycles. The maximum absolute atomic E-state index is 11.7. The Morgan fingerprint density at radius 2 is 0.930 bits per heavy atom. The normalized spacial score (nSPS) is 12.9. The monoisotopic (exact) mass is 592 g/mol. The maximum atomic E-state index is 11.7. The van der Waals surface area contributed by atoms with E-state index in [0.717, 1.165) is 11.1 Å². The highest BCUT2D eigenvalue weighted by atomic mass is 16.6. The molecule has 0 aliphatic heterocycles. The highest BCUT2D eigenvalue weighted by Crippen LogP contribution is 2.37. The van der Waals surface area contributed by atoms with Crippen LogP contribution in [0, 0.1) is 0 Å². The van der Waals surface area contributed by atoms with E-state index in [2.05, 4.69) is 103 Å². The number of ether oxygens (including phenoxy) is 4. The molecule has 0 saturated heterocycles. The van der Waals surface area contributed by atoms with Gasteiger partial charge in [-0.05, 0) is 77.6 Å². The van der Waals surface area contributed by atoms with Crippen molar-refractivity contribution >= 4 is 11.9 Å². The molecule has 0 atom stereocenters. The number of hydrogen-bond acceptors (Lipinski definition) is 6. The Morgan fingerprint density at radius 1 is 0.605 bits per heavy atom. The molecule has 0 radical (unpaired) electrons. The minimum Gasteiger partial charge on any atom is -0.456 e. The fourth-order valence-electron chi connectivity index (χ4n) is 4.73. The Hall–Kier alpha value is -3.22. The van der Waals surface area contributed by atoms with Gasteiger partial charge in [0.15, 0.2) is 0 Å². The van der Waals surface area contributed by atoms with E-state index in [1.807, 2.05) is 27.7 Å². The van der Waals surface area contributed by atoms with Crippen molar-refractivity contribution in [2.24, 2.45) is 0 Å². The van der Waals surface area contributed by atoms with Gasteiger partial charge >= 0.3 is 11.9 Å². The fourth-order valence-corrected chi connectivity index (χ4v) is 4.73. The zero-order chi connectivity index (χ0) is 32.7. The van der Waals surface area contributed by atoms with Crippen LogP contribution in [0.25, 0.3) is 0 Å². The van der Waals surface area contributed by atoms with E-state index in [1.54, 1.807) is 0 Å². The van der Waals surface area contributed by atoms with Crippen molar-refractivity contribution in [2.75, 3.05) is 13.2 Å². The number of carbonyl (C=O) groups excluding carboxylic acids is 2. The summed E-state index contributed by atoms with van der Waals surface area (Å²) >= 11 is 0. The smallest absolute Gasteiger partial charge is 0.330 e. The van der Waals surface area contributed by atoms with Crippen LogP contribution >= 0.6 is 0 Å². The molecule has 0 heterocycles. The van der Waals surface area contributed by atoms with Crippen molar-refractivity contribution in [1.82, 2.24) is 0 Å². The van der Waals surface area contributed by atoms with E-state index < -0.39 is 34.3 Å². The van der Waals surface area contributed by atoms with Gasteiger partial charge in [-0.2, -0.15) is 0 Å². The Morgan fingerprint density at radius 3 is 1.26 bits per heavy atom. The number of benzene rings is 2. The molecule has 0 spiro atoms. The van der Waals surface area contributed by atoms with Crippen LogP contribution in [0.2, 0.25) is 0 Å². The lowest BCUT2D eigenvalue weighted by molar-refractivity contribution is -0.154. The summed E-state index contributed by atoms with van der Waals surface area (Å²) in [6.45, 7) is 28.0. The first-order valence-corrected chi connectivity index (χ1v) is 15.0. The Labute approximate surface area is 259 Å². The summed E-state index contributed by atoms with van der Waals surface area (Å²) in [7, 11) is 0. The molecule has 6 nitrogen and oxygen atoms in total. The predicted octanol–water partition coefficient (Wildman–Crippen LogP) is 8.31. The van der Waals surface area contributed by atoms with Crippen molar-refractivity contribution in [3.05, 3.63) is 96.1 Å². The second-order valence-corrected chi connectivity index (χ2v) is 13.8. The number of hydrogen-bond donors (Lipinski definition) is 0. The highest BCUT2D eigenvalue weighted by Gasteiger charge is 2.31. The molecule has 2 aromatic carbocycles. The lowest BCUT2D eigenvalue weighted by Gasteiger charge is -2.33. The van der Waals surface area contributed by atoms with Crippen molar-refractivity contribution in [2.45, 2.75) is 110 Å². The second-order valence-electron chi connectivity index (χ2n) is 13.8. The van der Waals surface area contributed by atoms with Crippen LogP contribution in [-0.4, -0.2) is 36.4 Å². The van der Waals surface area contributed by atoms with E-state index >= 15 is 0 Å². The highest BCUT2D eigenvalue weighted by molar-refractivity contribution is 5.81. The van der Waals surface area contributed by atoms with E-state index in [-0.39, 0.29) is 5.41 Å². The molecule has 0 aromatic heterocycles. The van der Waals surface area contributed by atoms with E-state index in [1.165, 1.54) is 23.3 Å². The zero-order valence-corrected chi connectivity index (χ0v) is 28.0. The third kappa shape index (κ3) is 10.5. The van der Waals surface area contributed by atoms with Gasteiger partial charge in [0.2, 0.25) is 0 Å². The maximum Gasteiger partial charge on any atom is 0.330 e. The van der Waals surface area contributed by atoms with Crippen LogP contribution < -0.4 is 0 Å². The number of carbonyl (C=O) groups is 2. The van der Waals surface area contributed by atoms with Gasteiger partial charge in [0.1, 0.15) is 11.2 Å². The molecule has 0 bridgehead atoms. The first-order chi connectivity index (χ1) is 19.7. The van der Waals surface area contributed by atoms with Gasteiger partial charge in [-0.25, -0.2) is 9.59 Å². The van der Waals surface area contributed by atoms with Crippen LogP contribution in [0.3, 0.4) is 0 Å². The van der Waals surface area contributed by atoms with Crippen molar-refractivity contribution in [3.63, 3.8) is 0 Å². The van der Waals surface area contributed by atoms with Gasteiger partial charge in [0, 0.05) is 30.4 Å². The molecule has 0 amide bonds. The van der Waals surface area contributed by atoms with Crippen LogP contribution in [0.4, 0.5) is 0 Å². The van der Waals surface area contributed by atoms with Crippen LogP contribution in [0.1, 0.15) is 104 Å². The van der Waals surface area contributed by atoms with Gasteiger partial charge in [-0.15, -0.1) is 0 Å². The van der Waals surface area contributed by atoms with E-state index in [0.29, 0.717) is 26.1 Å². The predicted molar refractivity (Wildman–Crippen MR) is 173 cm³/mol. The summed E-state index contributed by atoms with van der Waals surface area (Å²) in [6.07, 6.45) is 3.47. The van der Waals surface area contributed by atoms with Gasteiger partial charge in [0.05, 0.1) is 24.4 Å². The van der Waals surface area contributed by atoms with Gasteiger partial charge in [-0.1, -0.05) is 75.5 Å². The quantitative estimate of drug-likeness (QED) is 0.144. The summed E-state index contributed by atoms with van der Waals surface area (Å²) < 4.78 is 23.5.